The van der Waals surface area contributed by atoms with Crippen LogP contribution in [0.1, 0.15) is 0 Å². The SMILES string of the molecule is c1ccc(-c2nc3c(c(-n4c5ccccc5c5ccc(-n6c7ccccc7c7ccccc76)cc54)n2)-c2cccc4cccc-3c24)cc1. The molecular formula is C44H26N4. The van der Waals surface area contributed by atoms with Crippen LogP contribution in [-0.2, 0) is 0 Å². The summed E-state index contributed by atoms with van der Waals surface area (Å²) in [6.45, 7) is 0. The summed E-state index contributed by atoms with van der Waals surface area (Å²) in [7, 11) is 0. The predicted octanol–water partition coefficient (Wildman–Crippen LogP) is 11.1. The molecule has 0 N–H and O–H groups in total. The molecule has 4 heteroatoms. The zero-order valence-corrected chi connectivity index (χ0v) is 25.8. The van der Waals surface area contributed by atoms with Gasteiger partial charge in [0.15, 0.2) is 5.82 Å². The molecule has 1 aliphatic rings. The topological polar surface area (TPSA) is 35.6 Å². The summed E-state index contributed by atoms with van der Waals surface area (Å²) in [6.07, 6.45) is 0. The molecule has 0 saturated heterocycles. The summed E-state index contributed by atoms with van der Waals surface area (Å²) < 4.78 is 4.77. The fraction of sp³-hybridized carbons (Fsp3) is 0. The van der Waals surface area contributed by atoms with E-state index in [2.05, 4.69) is 161 Å². The van der Waals surface area contributed by atoms with E-state index < -0.39 is 0 Å². The average Bonchev–Trinajstić information content (AvgIpc) is 3.78. The van der Waals surface area contributed by atoms with E-state index >= 15 is 0 Å². The van der Waals surface area contributed by atoms with Crippen molar-refractivity contribution in [2.75, 3.05) is 0 Å². The van der Waals surface area contributed by atoms with Gasteiger partial charge in [0, 0.05) is 38.4 Å². The standard InChI is InChI=1S/C44H26N4/c1-2-12-28(13-3-1)43-45-42-35-20-11-15-27-14-10-19-34(40(27)35)41(42)44(46-43)48-38-23-9-6-18-32(38)33-25-24-29(26-39(33)48)47-36-21-7-4-16-30(36)31-17-5-8-22-37(31)47/h1-26H. The zero-order valence-electron chi connectivity index (χ0n) is 25.8. The fourth-order valence-electron chi connectivity index (χ4n) is 8.04. The minimum absolute atomic E-state index is 0.721. The molecule has 11 rings (SSSR count). The monoisotopic (exact) mass is 610 g/mol. The summed E-state index contributed by atoms with van der Waals surface area (Å²) >= 11 is 0. The molecule has 222 valence electrons. The van der Waals surface area contributed by atoms with Crippen LogP contribution >= 0.6 is 0 Å². The third kappa shape index (κ3) is 3.38. The number of aromatic nitrogens is 4. The molecule has 3 aromatic heterocycles. The molecule has 0 atom stereocenters. The first-order valence-electron chi connectivity index (χ1n) is 16.4. The summed E-state index contributed by atoms with van der Waals surface area (Å²) in [5, 5.41) is 7.34. The number of fused-ring (bicyclic) bond motifs is 9. The molecule has 0 saturated carbocycles. The van der Waals surface area contributed by atoms with E-state index in [1.807, 2.05) is 6.07 Å². The van der Waals surface area contributed by atoms with E-state index in [1.54, 1.807) is 0 Å². The molecule has 7 aromatic carbocycles. The number of hydrogen-bond donors (Lipinski definition) is 0. The highest BCUT2D eigenvalue weighted by Gasteiger charge is 2.30. The smallest absolute Gasteiger partial charge is 0.162 e. The molecule has 0 radical (unpaired) electrons. The van der Waals surface area contributed by atoms with Crippen molar-refractivity contribution < 1.29 is 0 Å². The van der Waals surface area contributed by atoms with Crippen molar-refractivity contribution >= 4 is 54.4 Å². The Hall–Kier alpha value is -6.52. The minimum atomic E-state index is 0.721. The lowest BCUT2D eigenvalue weighted by atomic mass is 10.0. The van der Waals surface area contributed by atoms with Crippen molar-refractivity contribution in [3.63, 3.8) is 0 Å². The molecule has 4 nitrogen and oxygen atoms in total. The number of rotatable bonds is 3. The Kier molecular flexibility index (Phi) is 5.08. The van der Waals surface area contributed by atoms with E-state index in [1.165, 1.54) is 48.9 Å². The molecular weight excluding hydrogens is 585 g/mol. The third-order valence-corrected chi connectivity index (χ3v) is 10.1. The second-order valence-corrected chi connectivity index (χ2v) is 12.6. The first-order valence-corrected chi connectivity index (χ1v) is 16.4. The first-order chi connectivity index (χ1) is 23.8. The minimum Gasteiger partial charge on any atom is -0.309 e. The van der Waals surface area contributed by atoms with Gasteiger partial charge in [-0.1, -0.05) is 127 Å². The molecule has 0 amide bonds. The lowest BCUT2D eigenvalue weighted by molar-refractivity contribution is 1.05. The van der Waals surface area contributed by atoms with Crippen molar-refractivity contribution in [3.8, 4) is 45.3 Å². The Morgan fingerprint density at radius 1 is 0.417 bits per heavy atom. The van der Waals surface area contributed by atoms with Crippen LogP contribution in [-0.4, -0.2) is 19.1 Å². The van der Waals surface area contributed by atoms with Gasteiger partial charge in [-0.15, -0.1) is 0 Å². The van der Waals surface area contributed by atoms with Crippen molar-refractivity contribution in [3.05, 3.63) is 158 Å². The zero-order chi connectivity index (χ0) is 31.3. The van der Waals surface area contributed by atoms with E-state index in [0.717, 1.165) is 50.7 Å². The average molecular weight is 611 g/mol. The molecule has 10 aromatic rings. The highest BCUT2D eigenvalue weighted by atomic mass is 15.1. The van der Waals surface area contributed by atoms with Crippen LogP contribution in [0.25, 0.3) is 99.7 Å². The maximum atomic E-state index is 5.46. The number of hydrogen-bond acceptors (Lipinski definition) is 2. The van der Waals surface area contributed by atoms with Crippen LogP contribution in [0.15, 0.2) is 158 Å². The largest absolute Gasteiger partial charge is 0.309 e. The van der Waals surface area contributed by atoms with Gasteiger partial charge in [0.05, 0.1) is 33.3 Å². The second kappa shape index (κ2) is 9.50. The highest BCUT2D eigenvalue weighted by Crippen LogP contribution is 2.50. The Morgan fingerprint density at radius 3 is 1.69 bits per heavy atom. The normalized spacial score (nSPS) is 12.2. The summed E-state index contributed by atoms with van der Waals surface area (Å²) in [5.41, 5.74) is 11.1. The summed E-state index contributed by atoms with van der Waals surface area (Å²) in [5.74, 6) is 1.62. The van der Waals surface area contributed by atoms with Gasteiger partial charge in [-0.05, 0) is 46.7 Å². The van der Waals surface area contributed by atoms with Crippen LogP contribution in [0.2, 0.25) is 0 Å². The van der Waals surface area contributed by atoms with Crippen LogP contribution < -0.4 is 0 Å². The summed E-state index contributed by atoms with van der Waals surface area (Å²) in [6, 6.07) is 56.4. The fourth-order valence-corrected chi connectivity index (χ4v) is 8.04. The maximum Gasteiger partial charge on any atom is 0.162 e. The molecule has 0 bridgehead atoms. The molecule has 1 aliphatic carbocycles. The molecule has 48 heavy (non-hydrogen) atoms. The Labute approximate surface area is 275 Å². The first kappa shape index (κ1) is 25.6. The van der Waals surface area contributed by atoms with Crippen molar-refractivity contribution in [1.82, 2.24) is 19.1 Å². The predicted molar refractivity (Wildman–Crippen MR) is 198 cm³/mol. The molecule has 0 spiro atoms. The number of nitrogens with zero attached hydrogens (tertiary/aromatic N) is 4. The second-order valence-electron chi connectivity index (χ2n) is 12.6. The van der Waals surface area contributed by atoms with Crippen LogP contribution in [0.4, 0.5) is 0 Å². The van der Waals surface area contributed by atoms with Gasteiger partial charge in [0.25, 0.3) is 0 Å². The molecule has 0 aliphatic heterocycles. The lowest BCUT2D eigenvalue weighted by Gasteiger charge is -2.15. The van der Waals surface area contributed by atoms with Crippen molar-refractivity contribution in [2.24, 2.45) is 0 Å². The van der Waals surface area contributed by atoms with E-state index in [-0.39, 0.29) is 0 Å². The van der Waals surface area contributed by atoms with E-state index in [9.17, 15) is 0 Å². The van der Waals surface area contributed by atoms with Gasteiger partial charge in [0.1, 0.15) is 5.82 Å². The third-order valence-electron chi connectivity index (χ3n) is 10.1. The number of para-hydroxylation sites is 3. The van der Waals surface area contributed by atoms with Gasteiger partial charge in [-0.25, -0.2) is 9.97 Å². The van der Waals surface area contributed by atoms with Crippen LogP contribution in [0.5, 0.6) is 0 Å². The Bertz CT molecular complexity index is 2890. The molecule has 0 fully saturated rings. The molecule has 0 unspecified atom stereocenters. The van der Waals surface area contributed by atoms with Crippen molar-refractivity contribution in [2.45, 2.75) is 0 Å². The highest BCUT2D eigenvalue weighted by molar-refractivity contribution is 6.17. The van der Waals surface area contributed by atoms with Crippen molar-refractivity contribution in [1.29, 1.82) is 0 Å². The lowest BCUT2D eigenvalue weighted by Crippen LogP contribution is -2.05. The van der Waals surface area contributed by atoms with Gasteiger partial charge < -0.3 is 4.57 Å². The Morgan fingerprint density at radius 2 is 1.00 bits per heavy atom. The summed E-state index contributed by atoms with van der Waals surface area (Å²) in [4.78, 5) is 10.8. The van der Waals surface area contributed by atoms with Gasteiger partial charge in [-0.2, -0.15) is 0 Å². The maximum absolute atomic E-state index is 5.46. The quantitative estimate of drug-likeness (QED) is 0.199. The van der Waals surface area contributed by atoms with Gasteiger partial charge in [0.2, 0.25) is 0 Å². The van der Waals surface area contributed by atoms with Crippen LogP contribution in [0.3, 0.4) is 0 Å². The van der Waals surface area contributed by atoms with Gasteiger partial charge in [-0.3, -0.25) is 4.57 Å². The molecule has 3 heterocycles. The van der Waals surface area contributed by atoms with E-state index in [4.69, 9.17) is 9.97 Å². The van der Waals surface area contributed by atoms with Gasteiger partial charge >= 0.3 is 0 Å². The van der Waals surface area contributed by atoms with Crippen LogP contribution in [0, 0.1) is 0 Å². The Balaban J connectivity index is 1.28. The number of benzene rings is 7. The van der Waals surface area contributed by atoms with E-state index in [0.29, 0.717) is 0 Å².